The zero-order valence-corrected chi connectivity index (χ0v) is 21.4. The molecule has 0 amide bonds. The maximum absolute atomic E-state index is 12.8. The van der Waals surface area contributed by atoms with Gasteiger partial charge < -0.3 is 8.37 Å². The van der Waals surface area contributed by atoms with Gasteiger partial charge in [-0.2, -0.15) is 43.2 Å². The lowest BCUT2D eigenvalue weighted by Gasteiger charge is -2.28. The summed E-state index contributed by atoms with van der Waals surface area (Å²) in [5, 5.41) is 0. The lowest BCUT2D eigenvalue weighted by molar-refractivity contribution is -0.0504. The summed E-state index contributed by atoms with van der Waals surface area (Å²) in [6, 6.07) is 7.57. The van der Waals surface area contributed by atoms with E-state index in [1.54, 1.807) is 27.7 Å². The zero-order valence-electron chi connectivity index (χ0n) is 19.8. The Balaban J connectivity index is 2.58. The number of hydrogen-bond donors (Lipinski definition) is 0. The molecule has 0 bridgehead atoms. The van der Waals surface area contributed by atoms with Crippen LogP contribution in [-0.4, -0.2) is 27.9 Å². The van der Waals surface area contributed by atoms with E-state index in [4.69, 9.17) is 0 Å². The van der Waals surface area contributed by atoms with E-state index in [0.29, 0.717) is 11.1 Å². The van der Waals surface area contributed by atoms with Crippen LogP contribution in [0.3, 0.4) is 0 Å². The maximum Gasteiger partial charge on any atom is 0.534 e. The Kier molecular flexibility index (Phi) is 8.50. The fraction of sp³-hybridized carbons (Fsp3) is 0.304. The van der Waals surface area contributed by atoms with E-state index >= 15 is 0 Å². The first kappa shape index (κ1) is 30.2. The quantitative estimate of drug-likeness (QED) is 0.203. The Hall–Kier alpha value is -3.00. The molecule has 0 spiro atoms. The molecule has 0 heterocycles. The van der Waals surface area contributed by atoms with Crippen LogP contribution in [0.1, 0.15) is 49.9 Å². The highest BCUT2D eigenvalue weighted by molar-refractivity contribution is 7.88. The van der Waals surface area contributed by atoms with Crippen molar-refractivity contribution >= 4 is 32.4 Å². The van der Waals surface area contributed by atoms with Gasteiger partial charge >= 0.3 is 31.3 Å². The molecular formula is C23H22F6O6S2. The van der Waals surface area contributed by atoms with Gasteiger partial charge in [-0.05, 0) is 49.2 Å². The van der Waals surface area contributed by atoms with E-state index < -0.39 is 48.2 Å². The molecule has 2 aromatic carbocycles. The van der Waals surface area contributed by atoms with Gasteiger partial charge in [0.15, 0.2) is 0 Å². The van der Waals surface area contributed by atoms with Gasteiger partial charge in [-0.15, -0.1) is 0 Å². The summed E-state index contributed by atoms with van der Waals surface area (Å²) >= 11 is 0. The van der Waals surface area contributed by atoms with Crippen molar-refractivity contribution in [2.24, 2.45) is 0 Å². The molecule has 0 N–H and O–H groups in total. The monoisotopic (exact) mass is 572 g/mol. The van der Waals surface area contributed by atoms with Crippen molar-refractivity contribution in [1.29, 1.82) is 0 Å². The molecule has 2 aromatic rings. The Labute approximate surface area is 210 Å². The Morgan fingerprint density at radius 2 is 0.973 bits per heavy atom. The molecule has 14 heteroatoms. The fourth-order valence-electron chi connectivity index (χ4n) is 3.14. The molecule has 2 rings (SSSR count). The molecule has 0 aliphatic rings. The summed E-state index contributed by atoms with van der Waals surface area (Å²) < 4.78 is 131. The topological polar surface area (TPSA) is 86.7 Å². The van der Waals surface area contributed by atoms with E-state index in [-0.39, 0.29) is 11.1 Å². The normalized spacial score (nSPS) is 13.9. The minimum Gasteiger partial charge on any atom is -0.375 e. The van der Waals surface area contributed by atoms with Crippen molar-refractivity contribution in [1.82, 2.24) is 0 Å². The highest BCUT2D eigenvalue weighted by Gasteiger charge is 2.49. The van der Waals surface area contributed by atoms with Crippen LogP contribution >= 0.6 is 0 Å². The molecule has 37 heavy (non-hydrogen) atoms. The van der Waals surface area contributed by atoms with Crippen molar-refractivity contribution < 1.29 is 51.5 Å². The number of rotatable bonds is 8. The highest BCUT2D eigenvalue weighted by atomic mass is 32.2. The van der Waals surface area contributed by atoms with Gasteiger partial charge in [0.05, 0.1) is 0 Å². The molecule has 204 valence electrons. The summed E-state index contributed by atoms with van der Waals surface area (Å²) in [5.74, 6) is -1.13. The van der Waals surface area contributed by atoms with E-state index in [0.717, 1.165) is 12.1 Å². The van der Waals surface area contributed by atoms with Gasteiger partial charge in [0, 0.05) is 16.5 Å². The van der Waals surface area contributed by atoms with Crippen LogP contribution in [0.15, 0.2) is 48.6 Å². The molecule has 0 saturated carbocycles. The first-order valence-corrected chi connectivity index (χ1v) is 13.1. The molecule has 0 unspecified atom stereocenters. The van der Waals surface area contributed by atoms with Crippen molar-refractivity contribution in [3.8, 4) is 11.5 Å². The standard InChI is InChI=1S/C23H22F6O6S2/c1-5-7-15-13-17(9-11-19(15)34-36(30,31)22(24,25)26)21(3,4)18-10-12-20(16(14-18)8-6-2)35-37(32,33)23(27,28)29/h5-14H,1-4H3. The van der Waals surface area contributed by atoms with Crippen LogP contribution in [0.4, 0.5) is 26.3 Å². The van der Waals surface area contributed by atoms with Crippen molar-refractivity contribution in [3.05, 3.63) is 70.8 Å². The maximum atomic E-state index is 12.8. The van der Waals surface area contributed by atoms with Gasteiger partial charge in [0.2, 0.25) is 0 Å². The molecule has 0 aliphatic carbocycles. The van der Waals surface area contributed by atoms with Gasteiger partial charge in [-0.3, -0.25) is 0 Å². The van der Waals surface area contributed by atoms with Gasteiger partial charge in [0.25, 0.3) is 0 Å². The predicted molar refractivity (Wildman–Crippen MR) is 126 cm³/mol. The third-order valence-corrected chi connectivity index (χ3v) is 7.05. The Morgan fingerprint density at radius 1 is 0.649 bits per heavy atom. The Morgan fingerprint density at radius 3 is 1.24 bits per heavy atom. The number of hydrogen-bond acceptors (Lipinski definition) is 6. The summed E-state index contributed by atoms with van der Waals surface area (Å²) in [6.07, 6.45) is 5.59. The number of allylic oxidation sites excluding steroid dienone is 2. The van der Waals surface area contributed by atoms with Gasteiger partial charge in [0.1, 0.15) is 11.5 Å². The molecular weight excluding hydrogens is 550 g/mol. The van der Waals surface area contributed by atoms with E-state index in [1.165, 1.54) is 48.6 Å². The van der Waals surface area contributed by atoms with E-state index in [1.807, 2.05) is 0 Å². The van der Waals surface area contributed by atoms with Gasteiger partial charge in [-0.25, -0.2) is 0 Å². The van der Waals surface area contributed by atoms with Crippen LogP contribution in [0, 0.1) is 0 Å². The van der Waals surface area contributed by atoms with E-state index in [2.05, 4.69) is 8.37 Å². The van der Waals surface area contributed by atoms with Crippen LogP contribution < -0.4 is 8.37 Å². The fourth-order valence-corrected chi connectivity index (χ4v) is 4.11. The lowest BCUT2D eigenvalue weighted by Crippen LogP contribution is -2.28. The van der Waals surface area contributed by atoms with Crippen molar-refractivity contribution in [2.75, 3.05) is 0 Å². The highest BCUT2D eigenvalue weighted by Crippen LogP contribution is 2.39. The molecule has 0 saturated heterocycles. The van der Waals surface area contributed by atoms with Gasteiger partial charge in [-0.1, -0.05) is 50.3 Å². The summed E-state index contributed by atoms with van der Waals surface area (Å²) in [7, 11) is -11.8. The van der Waals surface area contributed by atoms with E-state index in [9.17, 15) is 43.2 Å². The van der Waals surface area contributed by atoms with Crippen LogP contribution in [-0.2, 0) is 25.7 Å². The third kappa shape index (κ3) is 6.66. The second kappa shape index (κ2) is 10.4. The predicted octanol–water partition coefficient (Wildman–Crippen LogP) is 6.54. The van der Waals surface area contributed by atoms with Crippen molar-refractivity contribution in [3.63, 3.8) is 0 Å². The SMILES string of the molecule is CC=Cc1cc(C(C)(C)c2ccc(OS(=O)(=O)C(F)(F)F)c(C=CC)c2)ccc1OS(=O)(=O)C(F)(F)F. The second-order valence-electron chi connectivity index (χ2n) is 8.10. The molecule has 0 fully saturated rings. The largest absolute Gasteiger partial charge is 0.534 e. The Bertz CT molecular complexity index is 1310. The minimum atomic E-state index is -5.92. The minimum absolute atomic E-state index is 0.0193. The smallest absolute Gasteiger partial charge is 0.375 e. The zero-order chi connectivity index (χ0) is 28.4. The van der Waals surface area contributed by atoms with Crippen molar-refractivity contribution in [2.45, 2.75) is 44.1 Å². The lowest BCUT2D eigenvalue weighted by atomic mass is 9.77. The van der Waals surface area contributed by atoms with Crippen LogP contribution in [0.5, 0.6) is 11.5 Å². The summed E-state index contributed by atoms with van der Waals surface area (Å²) in [5.41, 5.74) is -11.2. The molecule has 0 aromatic heterocycles. The summed E-state index contributed by atoms with van der Waals surface area (Å²) in [6.45, 7) is 6.49. The van der Waals surface area contributed by atoms with Crippen LogP contribution in [0.2, 0.25) is 0 Å². The molecule has 0 atom stereocenters. The average Bonchev–Trinajstić information content (AvgIpc) is 2.74. The molecule has 6 nitrogen and oxygen atoms in total. The number of alkyl halides is 6. The first-order chi connectivity index (χ1) is 16.8. The third-order valence-electron chi connectivity index (χ3n) is 5.12. The number of benzene rings is 2. The average molecular weight is 573 g/mol. The summed E-state index contributed by atoms with van der Waals surface area (Å²) in [4.78, 5) is 0. The molecule has 0 aliphatic heterocycles. The number of halogens is 6. The molecule has 0 radical (unpaired) electrons. The second-order valence-corrected chi connectivity index (χ2v) is 11.2. The first-order valence-electron chi connectivity index (χ1n) is 10.3. The van der Waals surface area contributed by atoms with Crippen LogP contribution in [0.25, 0.3) is 12.2 Å².